The standard InChI is InChI=1S/C15H18N2O3S/c18-14(19)13-9-21-10-17(13)15(20)16-7-3-6-11-4-1-2-5-12(11)8-16/h1-2,4-5,13H,3,6-10H2,(H,18,19)/t13-/m0/s1. The van der Waals surface area contributed by atoms with Gasteiger partial charge in [0, 0.05) is 18.8 Å². The number of urea groups is 1. The number of fused-ring (bicyclic) bond motifs is 1. The summed E-state index contributed by atoms with van der Waals surface area (Å²) in [4.78, 5) is 27.2. The Morgan fingerprint density at radius 1 is 1.24 bits per heavy atom. The van der Waals surface area contributed by atoms with Crippen LogP contribution in [0.25, 0.3) is 0 Å². The highest BCUT2D eigenvalue weighted by atomic mass is 32.2. The van der Waals surface area contributed by atoms with Crippen LogP contribution in [-0.2, 0) is 17.8 Å². The second kappa shape index (κ2) is 5.97. The number of aryl methyl sites for hydroxylation is 1. The Balaban J connectivity index is 1.77. The van der Waals surface area contributed by atoms with Crippen LogP contribution in [0.4, 0.5) is 4.79 Å². The van der Waals surface area contributed by atoms with Crippen molar-refractivity contribution in [1.29, 1.82) is 0 Å². The van der Waals surface area contributed by atoms with E-state index in [9.17, 15) is 14.7 Å². The molecule has 1 saturated heterocycles. The Bertz CT molecular complexity index is 564. The van der Waals surface area contributed by atoms with Gasteiger partial charge in [-0.05, 0) is 24.0 Å². The summed E-state index contributed by atoms with van der Waals surface area (Å²) in [6.45, 7) is 1.25. The Hall–Kier alpha value is -1.69. The van der Waals surface area contributed by atoms with Gasteiger partial charge >= 0.3 is 12.0 Å². The highest BCUT2D eigenvalue weighted by molar-refractivity contribution is 7.99. The van der Waals surface area contributed by atoms with Crippen LogP contribution in [0.3, 0.4) is 0 Å². The van der Waals surface area contributed by atoms with Gasteiger partial charge in [-0.15, -0.1) is 11.8 Å². The fraction of sp³-hybridized carbons (Fsp3) is 0.467. The molecular formula is C15H18N2O3S. The number of hydrogen-bond donors (Lipinski definition) is 1. The number of aliphatic carboxylic acids is 1. The molecular weight excluding hydrogens is 288 g/mol. The third-order valence-corrected chi connectivity index (χ3v) is 5.05. The molecule has 1 aromatic rings. The predicted molar refractivity (Wildman–Crippen MR) is 81.2 cm³/mol. The number of carboxylic acid groups (broad SMARTS) is 1. The average molecular weight is 306 g/mol. The number of rotatable bonds is 1. The van der Waals surface area contributed by atoms with Gasteiger partial charge in [0.25, 0.3) is 0 Å². The predicted octanol–water partition coefficient (Wildman–Crippen LogP) is 2.01. The molecule has 0 radical (unpaired) electrons. The summed E-state index contributed by atoms with van der Waals surface area (Å²) in [5, 5.41) is 9.22. The number of thioether (sulfide) groups is 1. The van der Waals surface area contributed by atoms with Gasteiger partial charge in [0.15, 0.2) is 0 Å². The Labute approximate surface area is 127 Å². The molecule has 1 atom stereocenters. The molecule has 3 rings (SSSR count). The van der Waals surface area contributed by atoms with Gasteiger partial charge in [-0.1, -0.05) is 24.3 Å². The fourth-order valence-corrected chi connectivity index (χ4v) is 4.02. The lowest BCUT2D eigenvalue weighted by atomic mass is 10.0. The van der Waals surface area contributed by atoms with Crippen molar-refractivity contribution in [2.24, 2.45) is 0 Å². The summed E-state index contributed by atoms with van der Waals surface area (Å²) in [5.41, 5.74) is 2.46. The van der Waals surface area contributed by atoms with Crippen molar-refractivity contribution in [3.63, 3.8) is 0 Å². The minimum atomic E-state index is -0.913. The summed E-state index contributed by atoms with van der Waals surface area (Å²) in [6.07, 6.45) is 1.89. The van der Waals surface area contributed by atoms with Gasteiger partial charge in [0.05, 0.1) is 5.88 Å². The number of carboxylic acids is 1. The van der Waals surface area contributed by atoms with Crippen molar-refractivity contribution in [3.05, 3.63) is 35.4 Å². The molecule has 112 valence electrons. The summed E-state index contributed by atoms with van der Waals surface area (Å²) < 4.78 is 0. The first-order valence-corrected chi connectivity index (χ1v) is 8.25. The maximum atomic E-state index is 12.7. The lowest BCUT2D eigenvalue weighted by Gasteiger charge is -2.29. The van der Waals surface area contributed by atoms with E-state index in [1.807, 2.05) is 18.2 Å². The SMILES string of the molecule is O=C(O)[C@@H]1CSCN1C(=O)N1CCCc2ccccc2C1. The number of benzene rings is 1. The van der Waals surface area contributed by atoms with Crippen molar-refractivity contribution in [1.82, 2.24) is 9.80 Å². The van der Waals surface area contributed by atoms with E-state index < -0.39 is 12.0 Å². The molecule has 2 heterocycles. The zero-order valence-electron chi connectivity index (χ0n) is 11.7. The van der Waals surface area contributed by atoms with Gasteiger partial charge in [0.2, 0.25) is 0 Å². The quantitative estimate of drug-likeness (QED) is 0.862. The fourth-order valence-electron chi connectivity index (χ4n) is 2.88. The van der Waals surface area contributed by atoms with Crippen LogP contribution < -0.4 is 0 Å². The van der Waals surface area contributed by atoms with Crippen LogP contribution >= 0.6 is 11.8 Å². The minimum Gasteiger partial charge on any atom is -0.480 e. The highest BCUT2D eigenvalue weighted by Crippen LogP contribution is 2.25. The van der Waals surface area contributed by atoms with E-state index in [0.717, 1.165) is 12.8 Å². The molecule has 2 amide bonds. The maximum absolute atomic E-state index is 12.7. The minimum absolute atomic E-state index is 0.149. The Morgan fingerprint density at radius 2 is 2.00 bits per heavy atom. The molecule has 2 aliphatic heterocycles. The molecule has 0 saturated carbocycles. The lowest BCUT2D eigenvalue weighted by Crippen LogP contribution is -2.48. The van der Waals surface area contributed by atoms with Crippen molar-refractivity contribution >= 4 is 23.8 Å². The summed E-state index contributed by atoms with van der Waals surface area (Å²) in [5.74, 6) is 0.0305. The molecule has 1 N–H and O–H groups in total. The Kier molecular flexibility index (Phi) is 4.05. The van der Waals surface area contributed by atoms with E-state index >= 15 is 0 Å². The van der Waals surface area contributed by atoms with E-state index in [4.69, 9.17) is 0 Å². The van der Waals surface area contributed by atoms with E-state index in [2.05, 4.69) is 6.07 Å². The van der Waals surface area contributed by atoms with Gasteiger partial charge < -0.3 is 14.9 Å². The van der Waals surface area contributed by atoms with Gasteiger partial charge in [-0.3, -0.25) is 0 Å². The number of amides is 2. The topological polar surface area (TPSA) is 60.9 Å². The first kappa shape index (κ1) is 14.3. The third-order valence-electron chi connectivity index (χ3n) is 4.04. The Morgan fingerprint density at radius 3 is 2.76 bits per heavy atom. The molecule has 5 nitrogen and oxygen atoms in total. The highest BCUT2D eigenvalue weighted by Gasteiger charge is 2.37. The number of hydrogen-bond acceptors (Lipinski definition) is 3. The molecule has 2 aliphatic rings. The first-order valence-electron chi connectivity index (χ1n) is 7.09. The third kappa shape index (κ3) is 2.85. The molecule has 1 aromatic carbocycles. The van der Waals surface area contributed by atoms with Crippen molar-refractivity contribution in [2.45, 2.75) is 25.4 Å². The summed E-state index contributed by atoms with van der Waals surface area (Å²) in [7, 11) is 0. The van der Waals surface area contributed by atoms with Crippen LogP contribution in [0.15, 0.2) is 24.3 Å². The second-order valence-corrected chi connectivity index (χ2v) is 6.40. The van der Waals surface area contributed by atoms with Crippen LogP contribution in [0.2, 0.25) is 0 Å². The normalized spacial score (nSPS) is 21.8. The molecule has 0 bridgehead atoms. The maximum Gasteiger partial charge on any atom is 0.327 e. The van der Waals surface area contributed by atoms with E-state index in [-0.39, 0.29) is 6.03 Å². The second-order valence-electron chi connectivity index (χ2n) is 5.40. The zero-order chi connectivity index (χ0) is 14.8. The van der Waals surface area contributed by atoms with Crippen molar-refractivity contribution in [3.8, 4) is 0 Å². The lowest BCUT2D eigenvalue weighted by molar-refractivity contribution is -0.140. The monoisotopic (exact) mass is 306 g/mol. The molecule has 6 heteroatoms. The molecule has 0 unspecified atom stereocenters. The van der Waals surface area contributed by atoms with Crippen LogP contribution in [0.5, 0.6) is 0 Å². The van der Waals surface area contributed by atoms with Crippen molar-refractivity contribution in [2.75, 3.05) is 18.2 Å². The van der Waals surface area contributed by atoms with E-state index in [0.29, 0.717) is 24.7 Å². The van der Waals surface area contributed by atoms with Crippen molar-refractivity contribution < 1.29 is 14.7 Å². The number of nitrogens with zero attached hydrogens (tertiary/aromatic N) is 2. The summed E-state index contributed by atoms with van der Waals surface area (Å²) >= 11 is 1.50. The molecule has 0 aromatic heterocycles. The van der Waals surface area contributed by atoms with Crippen LogP contribution in [-0.4, -0.2) is 51.1 Å². The van der Waals surface area contributed by atoms with Gasteiger partial charge in [-0.2, -0.15) is 0 Å². The van der Waals surface area contributed by atoms with Crippen LogP contribution in [0, 0.1) is 0 Å². The van der Waals surface area contributed by atoms with Gasteiger partial charge in [0.1, 0.15) is 6.04 Å². The average Bonchev–Trinajstić information content (AvgIpc) is 2.87. The van der Waals surface area contributed by atoms with Crippen LogP contribution in [0.1, 0.15) is 17.5 Å². The van der Waals surface area contributed by atoms with E-state index in [1.165, 1.54) is 27.8 Å². The van der Waals surface area contributed by atoms with E-state index in [1.54, 1.807) is 4.90 Å². The molecule has 0 spiro atoms. The molecule has 0 aliphatic carbocycles. The van der Waals surface area contributed by atoms with Gasteiger partial charge in [-0.25, -0.2) is 9.59 Å². The number of carbonyl (C=O) groups excluding carboxylic acids is 1. The first-order chi connectivity index (χ1) is 10.2. The molecule has 1 fully saturated rings. The summed E-state index contributed by atoms with van der Waals surface area (Å²) in [6, 6.07) is 7.32. The smallest absolute Gasteiger partial charge is 0.327 e. The largest absolute Gasteiger partial charge is 0.480 e. The molecule has 21 heavy (non-hydrogen) atoms. The number of carbonyl (C=O) groups is 2. The zero-order valence-corrected chi connectivity index (χ0v) is 12.5.